The second kappa shape index (κ2) is 4.37. The third-order valence-electron chi connectivity index (χ3n) is 3.21. The number of carbonyl (C=O) groups is 1. The maximum atomic E-state index is 11.2. The van der Waals surface area contributed by atoms with Crippen molar-refractivity contribution in [3.8, 4) is 0 Å². The molecule has 1 atom stereocenters. The van der Waals surface area contributed by atoms with Crippen LogP contribution in [0.25, 0.3) is 5.52 Å². The first-order valence-corrected chi connectivity index (χ1v) is 6.60. The lowest BCUT2D eigenvalue weighted by molar-refractivity contribution is 0.0693. The van der Waals surface area contributed by atoms with Gasteiger partial charge in [-0.3, -0.25) is 0 Å². The van der Waals surface area contributed by atoms with Crippen LogP contribution in [-0.4, -0.2) is 27.0 Å². The molecule has 3 heterocycles. The predicted octanol–water partition coefficient (Wildman–Crippen LogP) is 2.22. The summed E-state index contributed by atoms with van der Waals surface area (Å²) in [4.78, 5) is 15.5. The van der Waals surface area contributed by atoms with Gasteiger partial charge in [-0.1, -0.05) is 15.9 Å². The van der Waals surface area contributed by atoms with E-state index in [1.807, 2.05) is 16.7 Å². The molecule has 6 heteroatoms. The monoisotopic (exact) mass is 309 g/mol. The van der Waals surface area contributed by atoms with E-state index in [0.717, 1.165) is 29.7 Å². The largest absolute Gasteiger partial charge is 0.476 e. The minimum Gasteiger partial charge on any atom is -0.476 e. The van der Waals surface area contributed by atoms with Crippen LogP contribution in [0.4, 0.5) is 0 Å². The molecule has 1 aliphatic rings. The van der Waals surface area contributed by atoms with Gasteiger partial charge in [0.2, 0.25) is 0 Å². The Labute approximate surface area is 112 Å². The van der Waals surface area contributed by atoms with Crippen molar-refractivity contribution in [1.82, 2.24) is 14.7 Å². The minimum atomic E-state index is -0.991. The number of aromatic carboxylic acids is 1. The average Bonchev–Trinajstić information content (AvgIpc) is 2.93. The topological polar surface area (TPSA) is 66.6 Å². The lowest BCUT2D eigenvalue weighted by Gasteiger charge is -2.08. The van der Waals surface area contributed by atoms with Gasteiger partial charge in [0.25, 0.3) is 0 Å². The van der Waals surface area contributed by atoms with E-state index >= 15 is 0 Å². The number of hydrogen-bond donors (Lipinski definition) is 2. The van der Waals surface area contributed by atoms with E-state index in [0.29, 0.717) is 5.52 Å². The number of fused-ring (bicyclic) bond motifs is 1. The van der Waals surface area contributed by atoms with Crippen molar-refractivity contribution in [1.29, 1.82) is 0 Å². The highest BCUT2D eigenvalue weighted by Crippen LogP contribution is 2.26. The molecular formula is C12H12BrN3O2. The van der Waals surface area contributed by atoms with Gasteiger partial charge in [-0.15, -0.1) is 0 Å². The SMILES string of the molecule is O=C(O)c1nc(C2CCCN2)n2ccc(Br)cc12. The molecule has 1 unspecified atom stereocenters. The van der Waals surface area contributed by atoms with Gasteiger partial charge in [0, 0.05) is 10.7 Å². The molecule has 2 aromatic heterocycles. The van der Waals surface area contributed by atoms with Gasteiger partial charge in [-0.2, -0.15) is 0 Å². The maximum Gasteiger partial charge on any atom is 0.356 e. The molecule has 18 heavy (non-hydrogen) atoms. The second-order valence-corrected chi connectivity index (χ2v) is 5.29. The zero-order valence-corrected chi connectivity index (χ0v) is 11.1. The minimum absolute atomic E-state index is 0.111. The third kappa shape index (κ3) is 1.81. The van der Waals surface area contributed by atoms with Gasteiger partial charge in [0.1, 0.15) is 5.82 Å². The fourth-order valence-corrected chi connectivity index (χ4v) is 2.73. The Balaban J connectivity index is 2.22. The first kappa shape index (κ1) is 11.7. The van der Waals surface area contributed by atoms with Crippen molar-refractivity contribution < 1.29 is 9.90 Å². The highest BCUT2D eigenvalue weighted by atomic mass is 79.9. The molecular weight excluding hydrogens is 298 g/mol. The number of nitrogens with zero attached hydrogens (tertiary/aromatic N) is 2. The molecule has 1 saturated heterocycles. The zero-order chi connectivity index (χ0) is 12.7. The lowest BCUT2D eigenvalue weighted by Crippen LogP contribution is -2.15. The van der Waals surface area contributed by atoms with Crippen molar-refractivity contribution in [2.45, 2.75) is 18.9 Å². The van der Waals surface area contributed by atoms with E-state index in [2.05, 4.69) is 26.2 Å². The molecule has 3 rings (SSSR count). The van der Waals surface area contributed by atoms with E-state index in [9.17, 15) is 9.90 Å². The quantitative estimate of drug-likeness (QED) is 0.892. The number of rotatable bonds is 2. The summed E-state index contributed by atoms with van der Waals surface area (Å²) in [5, 5.41) is 12.6. The number of nitrogens with one attached hydrogen (secondary N) is 1. The first-order valence-electron chi connectivity index (χ1n) is 5.81. The molecule has 2 aromatic rings. The van der Waals surface area contributed by atoms with Crippen LogP contribution in [0.5, 0.6) is 0 Å². The number of carboxylic acids is 1. The Bertz CT molecular complexity index is 617. The highest BCUT2D eigenvalue weighted by molar-refractivity contribution is 9.10. The Morgan fingerprint density at radius 3 is 3.11 bits per heavy atom. The molecule has 0 bridgehead atoms. The van der Waals surface area contributed by atoms with Crippen LogP contribution in [0, 0.1) is 0 Å². The molecule has 94 valence electrons. The number of imidazole rings is 1. The van der Waals surface area contributed by atoms with E-state index in [4.69, 9.17) is 0 Å². The number of aromatic nitrogens is 2. The van der Waals surface area contributed by atoms with Crippen LogP contribution in [0.2, 0.25) is 0 Å². The lowest BCUT2D eigenvalue weighted by atomic mass is 10.2. The average molecular weight is 310 g/mol. The van der Waals surface area contributed by atoms with Gasteiger partial charge < -0.3 is 14.8 Å². The number of pyridine rings is 1. The highest BCUT2D eigenvalue weighted by Gasteiger charge is 2.24. The fraction of sp³-hybridized carbons (Fsp3) is 0.333. The molecule has 2 N–H and O–H groups in total. The number of hydrogen-bond acceptors (Lipinski definition) is 3. The number of halogens is 1. The fourth-order valence-electron chi connectivity index (χ4n) is 2.39. The van der Waals surface area contributed by atoms with E-state index in [1.165, 1.54) is 0 Å². The van der Waals surface area contributed by atoms with Gasteiger partial charge in [0.05, 0.1) is 11.6 Å². The second-order valence-electron chi connectivity index (χ2n) is 4.37. The van der Waals surface area contributed by atoms with Crippen LogP contribution in [0.3, 0.4) is 0 Å². The molecule has 1 fully saturated rings. The van der Waals surface area contributed by atoms with Crippen molar-refractivity contribution in [2.24, 2.45) is 0 Å². The van der Waals surface area contributed by atoms with Gasteiger partial charge >= 0.3 is 5.97 Å². The zero-order valence-electron chi connectivity index (χ0n) is 9.56. The van der Waals surface area contributed by atoms with Crippen LogP contribution < -0.4 is 5.32 Å². The molecule has 0 amide bonds. The van der Waals surface area contributed by atoms with Crippen LogP contribution in [0.1, 0.15) is 35.2 Å². The van der Waals surface area contributed by atoms with Crippen LogP contribution >= 0.6 is 15.9 Å². The summed E-state index contributed by atoms with van der Waals surface area (Å²) in [6.07, 6.45) is 3.95. The summed E-state index contributed by atoms with van der Waals surface area (Å²) >= 11 is 3.36. The van der Waals surface area contributed by atoms with E-state index < -0.39 is 5.97 Å². The summed E-state index contributed by atoms with van der Waals surface area (Å²) in [6.45, 7) is 0.957. The summed E-state index contributed by atoms with van der Waals surface area (Å²) in [6, 6.07) is 3.82. The van der Waals surface area contributed by atoms with Crippen LogP contribution in [0.15, 0.2) is 22.8 Å². The summed E-state index contributed by atoms with van der Waals surface area (Å²) in [5.74, 6) is -0.206. The van der Waals surface area contributed by atoms with Gasteiger partial charge in [-0.05, 0) is 31.5 Å². The summed E-state index contributed by atoms with van der Waals surface area (Å²) in [5.41, 5.74) is 0.737. The van der Waals surface area contributed by atoms with Gasteiger partial charge in [0.15, 0.2) is 5.69 Å². The third-order valence-corrected chi connectivity index (χ3v) is 3.70. The van der Waals surface area contributed by atoms with Crippen molar-refractivity contribution >= 4 is 27.4 Å². The van der Waals surface area contributed by atoms with Crippen molar-refractivity contribution in [3.05, 3.63) is 34.3 Å². The van der Waals surface area contributed by atoms with E-state index in [1.54, 1.807) is 6.07 Å². The van der Waals surface area contributed by atoms with Gasteiger partial charge in [-0.25, -0.2) is 9.78 Å². The molecule has 0 aromatic carbocycles. The predicted molar refractivity (Wildman–Crippen MR) is 69.8 cm³/mol. The normalized spacial score (nSPS) is 19.5. The number of carboxylic acid groups (broad SMARTS) is 1. The molecule has 5 nitrogen and oxygen atoms in total. The molecule has 0 saturated carbocycles. The summed E-state index contributed by atoms with van der Waals surface area (Å²) in [7, 11) is 0. The Morgan fingerprint density at radius 2 is 2.44 bits per heavy atom. The Kier molecular flexibility index (Phi) is 2.83. The van der Waals surface area contributed by atoms with E-state index in [-0.39, 0.29) is 11.7 Å². The maximum absolute atomic E-state index is 11.2. The molecule has 0 aliphatic carbocycles. The molecule has 0 radical (unpaired) electrons. The van der Waals surface area contributed by atoms with Crippen LogP contribution in [-0.2, 0) is 0 Å². The van der Waals surface area contributed by atoms with Crippen molar-refractivity contribution in [2.75, 3.05) is 6.54 Å². The first-order chi connectivity index (χ1) is 8.66. The Hall–Kier alpha value is -1.40. The standard InChI is InChI=1S/C12H12BrN3O2/c13-7-3-5-16-9(6-7)10(12(17)18)15-11(16)8-2-1-4-14-8/h3,5-6,8,14H,1-2,4H2,(H,17,18). The molecule has 0 spiro atoms. The summed E-state index contributed by atoms with van der Waals surface area (Å²) < 4.78 is 2.71. The Morgan fingerprint density at radius 1 is 1.61 bits per heavy atom. The van der Waals surface area contributed by atoms with Crippen molar-refractivity contribution in [3.63, 3.8) is 0 Å². The molecule has 1 aliphatic heterocycles. The smallest absolute Gasteiger partial charge is 0.356 e.